The molecule has 0 saturated carbocycles. The summed E-state index contributed by atoms with van der Waals surface area (Å²) in [6, 6.07) is 1.27. The van der Waals surface area contributed by atoms with Crippen LogP contribution in [0.15, 0.2) is 0 Å². The molecule has 2 fully saturated rings. The molecule has 0 bridgehead atoms. The monoisotopic (exact) mass is 284 g/mol. The van der Waals surface area contributed by atoms with Gasteiger partial charge in [-0.05, 0) is 40.0 Å². The van der Waals surface area contributed by atoms with Gasteiger partial charge in [0.05, 0.1) is 18.3 Å². The lowest BCUT2D eigenvalue weighted by molar-refractivity contribution is -0.0785. The molecule has 0 aromatic heterocycles. The summed E-state index contributed by atoms with van der Waals surface area (Å²) in [5.74, 6) is 0. The third-order valence-electron chi connectivity index (χ3n) is 4.80. The van der Waals surface area contributed by atoms with Crippen LogP contribution in [0.2, 0.25) is 0 Å². The maximum Gasteiger partial charge on any atom is 0.0639 e. The van der Waals surface area contributed by atoms with Crippen LogP contribution in [0.5, 0.6) is 0 Å². The van der Waals surface area contributed by atoms with Crippen molar-refractivity contribution in [2.45, 2.75) is 77.4 Å². The molecule has 118 valence electrons. The second kappa shape index (κ2) is 7.21. The minimum atomic E-state index is -0.223. The molecular weight excluding hydrogens is 252 g/mol. The quantitative estimate of drug-likeness (QED) is 0.853. The largest absolute Gasteiger partial charge is 0.392 e. The van der Waals surface area contributed by atoms with Crippen molar-refractivity contribution in [2.24, 2.45) is 0 Å². The molecular formula is C16H32N2O2. The molecule has 2 heterocycles. The van der Waals surface area contributed by atoms with Crippen molar-refractivity contribution in [3.05, 3.63) is 0 Å². The second-order valence-corrected chi connectivity index (χ2v) is 6.78. The molecule has 0 aromatic carbocycles. The molecule has 4 atom stereocenters. The van der Waals surface area contributed by atoms with Gasteiger partial charge < -0.3 is 9.84 Å². The van der Waals surface area contributed by atoms with E-state index in [2.05, 4.69) is 30.6 Å². The highest BCUT2D eigenvalue weighted by atomic mass is 16.5. The number of nitrogens with zero attached hydrogens (tertiary/aromatic N) is 2. The van der Waals surface area contributed by atoms with E-state index in [9.17, 15) is 5.11 Å². The van der Waals surface area contributed by atoms with E-state index in [1.165, 1.54) is 0 Å². The fourth-order valence-corrected chi connectivity index (χ4v) is 3.88. The third kappa shape index (κ3) is 4.17. The van der Waals surface area contributed by atoms with E-state index in [4.69, 9.17) is 4.74 Å². The Kier molecular flexibility index (Phi) is 5.84. The number of hydrogen-bond acceptors (Lipinski definition) is 4. The topological polar surface area (TPSA) is 35.9 Å². The number of rotatable bonds is 4. The average molecular weight is 284 g/mol. The van der Waals surface area contributed by atoms with Crippen molar-refractivity contribution < 1.29 is 9.84 Å². The third-order valence-corrected chi connectivity index (χ3v) is 4.80. The van der Waals surface area contributed by atoms with Crippen LogP contribution in [0.3, 0.4) is 0 Å². The minimum Gasteiger partial charge on any atom is -0.392 e. The van der Waals surface area contributed by atoms with Crippen molar-refractivity contribution in [1.29, 1.82) is 0 Å². The number of β-amino-alcohol motifs (C(OH)–C–C–N with tert-alkyl or cyclic N) is 1. The summed E-state index contributed by atoms with van der Waals surface area (Å²) in [6.07, 6.45) is 4.05. The molecule has 0 aliphatic carbocycles. The Bertz CT molecular complexity index is 288. The molecule has 1 N–H and O–H groups in total. The van der Waals surface area contributed by atoms with E-state index in [1.807, 2.05) is 6.92 Å². The predicted octanol–water partition coefficient (Wildman–Crippen LogP) is 1.72. The lowest BCUT2D eigenvalue weighted by Gasteiger charge is -2.47. The molecule has 0 spiro atoms. The highest BCUT2D eigenvalue weighted by molar-refractivity contribution is 4.88. The fourth-order valence-electron chi connectivity index (χ4n) is 3.88. The summed E-state index contributed by atoms with van der Waals surface area (Å²) in [5, 5.41) is 9.63. The van der Waals surface area contributed by atoms with Gasteiger partial charge in [-0.1, -0.05) is 6.92 Å². The van der Waals surface area contributed by atoms with Gasteiger partial charge in [-0.2, -0.15) is 0 Å². The number of ether oxygens (including phenoxy) is 1. The minimum absolute atomic E-state index is 0.223. The van der Waals surface area contributed by atoms with Gasteiger partial charge in [-0.3, -0.25) is 9.80 Å². The molecule has 2 rings (SSSR count). The molecule has 0 amide bonds. The lowest BCUT2D eigenvalue weighted by Crippen LogP contribution is -2.58. The summed E-state index contributed by atoms with van der Waals surface area (Å²) < 4.78 is 5.86. The molecule has 4 nitrogen and oxygen atoms in total. The molecule has 4 heteroatoms. The van der Waals surface area contributed by atoms with Gasteiger partial charge in [-0.15, -0.1) is 0 Å². The zero-order chi connectivity index (χ0) is 14.7. The van der Waals surface area contributed by atoms with Crippen LogP contribution in [0.1, 0.15) is 47.0 Å². The second-order valence-electron chi connectivity index (χ2n) is 6.78. The van der Waals surface area contributed by atoms with Gasteiger partial charge in [0.2, 0.25) is 0 Å². The van der Waals surface area contributed by atoms with Crippen LogP contribution in [0.4, 0.5) is 0 Å². The first-order valence-electron chi connectivity index (χ1n) is 8.31. The molecule has 4 unspecified atom stereocenters. The van der Waals surface area contributed by atoms with Gasteiger partial charge in [0, 0.05) is 38.3 Å². The normalized spacial score (nSPS) is 38.9. The zero-order valence-electron chi connectivity index (χ0n) is 13.6. The molecule has 0 radical (unpaired) electrons. The van der Waals surface area contributed by atoms with Gasteiger partial charge in [0.15, 0.2) is 0 Å². The first-order valence-corrected chi connectivity index (χ1v) is 8.31. The van der Waals surface area contributed by atoms with Gasteiger partial charge in [-0.25, -0.2) is 0 Å². The van der Waals surface area contributed by atoms with Crippen LogP contribution in [-0.2, 0) is 4.74 Å². The van der Waals surface area contributed by atoms with Crippen LogP contribution < -0.4 is 0 Å². The summed E-state index contributed by atoms with van der Waals surface area (Å²) in [7, 11) is 0. The Balaban J connectivity index is 1.92. The summed E-state index contributed by atoms with van der Waals surface area (Å²) in [6.45, 7) is 12.7. The van der Waals surface area contributed by atoms with Crippen LogP contribution in [0.25, 0.3) is 0 Å². The standard InChI is InChI=1S/C16H32N2O2/c1-5-15-11-18(7-6-17(15)10-12(2)19)16-8-13(3)20-14(4)9-16/h12-16,19H,5-11H2,1-4H3. The van der Waals surface area contributed by atoms with Crippen molar-refractivity contribution in [3.63, 3.8) is 0 Å². The first-order chi connectivity index (χ1) is 9.49. The number of piperazine rings is 1. The highest BCUT2D eigenvalue weighted by Crippen LogP contribution is 2.26. The SMILES string of the molecule is CCC1CN(C2CC(C)OC(C)C2)CCN1CC(C)O. The Labute approximate surface area is 124 Å². The molecule has 2 aliphatic rings. The van der Waals surface area contributed by atoms with Gasteiger partial charge in [0.25, 0.3) is 0 Å². The van der Waals surface area contributed by atoms with Crippen molar-refractivity contribution in [3.8, 4) is 0 Å². The number of aliphatic hydroxyl groups excluding tert-OH is 1. The highest BCUT2D eigenvalue weighted by Gasteiger charge is 2.34. The predicted molar refractivity (Wildman–Crippen MR) is 81.9 cm³/mol. The van der Waals surface area contributed by atoms with E-state index in [1.54, 1.807) is 0 Å². The molecule has 2 saturated heterocycles. The van der Waals surface area contributed by atoms with Crippen molar-refractivity contribution >= 4 is 0 Å². The number of hydrogen-bond donors (Lipinski definition) is 1. The molecule has 2 aliphatic heterocycles. The Morgan fingerprint density at radius 2 is 1.85 bits per heavy atom. The number of aliphatic hydroxyl groups is 1. The van der Waals surface area contributed by atoms with Crippen LogP contribution in [-0.4, -0.2) is 71.5 Å². The smallest absolute Gasteiger partial charge is 0.0639 e. The van der Waals surface area contributed by atoms with Gasteiger partial charge >= 0.3 is 0 Å². The maximum atomic E-state index is 9.63. The van der Waals surface area contributed by atoms with Crippen LogP contribution in [0, 0.1) is 0 Å². The van der Waals surface area contributed by atoms with E-state index in [-0.39, 0.29) is 6.10 Å². The Hall–Kier alpha value is -0.160. The maximum absolute atomic E-state index is 9.63. The lowest BCUT2D eigenvalue weighted by atomic mass is 9.96. The molecule has 20 heavy (non-hydrogen) atoms. The van der Waals surface area contributed by atoms with Crippen molar-refractivity contribution in [1.82, 2.24) is 9.80 Å². The zero-order valence-corrected chi connectivity index (χ0v) is 13.6. The molecule has 0 aromatic rings. The van der Waals surface area contributed by atoms with E-state index >= 15 is 0 Å². The average Bonchev–Trinajstić information content (AvgIpc) is 2.37. The van der Waals surface area contributed by atoms with Crippen molar-refractivity contribution in [2.75, 3.05) is 26.2 Å². The summed E-state index contributed by atoms with van der Waals surface area (Å²) in [4.78, 5) is 5.13. The van der Waals surface area contributed by atoms with E-state index in [0.29, 0.717) is 24.3 Å². The Morgan fingerprint density at radius 3 is 2.40 bits per heavy atom. The van der Waals surface area contributed by atoms with Gasteiger partial charge in [0.1, 0.15) is 0 Å². The van der Waals surface area contributed by atoms with Crippen LogP contribution >= 0.6 is 0 Å². The first kappa shape index (κ1) is 16.2. The fraction of sp³-hybridized carbons (Fsp3) is 1.00. The van der Waals surface area contributed by atoms with E-state index in [0.717, 1.165) is 45.4 Å². The summed E-state index contributed by atoms with van der Waals surface area (Å²) >= 11 is 0. The summed E-state index contributed by atoms with van der Waals surface area (Å²) in [5.41, 5.74) is 0. The van der Waals surface area contributed by atoms with E-state index < -0.39 is 0 Å². The Morgan fingerprint density at radius 1 is 1.20 bits per heavy atom.